The lowest BCUT2D eigenvalue weighted by Crippen LogP contribution is -2.09. The molecule has 4 nitrogen and oxygen atoms in total. The quantitative estimate of drug-likeness (QED) is 0.525. The molecule has 0 amide bonds. The highest BCUT2D eigenvalue weighted by atomic mass is 35.5. The van der Waals surface area contributed by atoms with Gasteiger partial charge in [0, 0.05) is 16.0 Å². The van der Waals surface area contributed by atoms with Crippen molar-refractivity contribution >= 4 is 29.1 Å². The van der Waals surface area contributed by atoms with Crippen molar-refractivity contribution in [2.75, 3.05) is 6.26 Å². The SMILES string of the molecule is CSc1ccc2c(c1)C(c1ccccc1)=NCc1nnc(CCl)n1-2. The summed E-state index contributed by atoms with van der Waals surface area (Å²) < 4.78 is 2.03. The Labute approximate surface area is 149 Å². The van der Waals surface area contributed by atoms with Crippen LogP contribution in [0.5, 0.6) is 0 Å². The van der Waals surface area contributed by atoms with E-state index in [4.69, 9.17) is 16.6 Å². The zero-order chi connectivity index (χ0) is 16.5. The summed E-state index contributed by atoms with van der Waals surface area (Å²) in [6, 6.07) is 16.6. The summed E-state index contributed by atoms with van der Waals surface area (Å²) in [5, 5.41) is 8.48. The molecule has 2 aromatic carbocycles. The van der Waals surface area contributed by atoms with Gasteiger partial charge in [-0.15, -0.1) is 33.6 Å². The van der Waals surface area contributed by atoms with E-state index in [2.05, 4.69) is 46.8 Å². The molecule has 0 atom stereocenters. The van der Waals surface area contributed by atoms with Gasteiger partial charge >= 0.3 is 0 Å². The van der Waals surface area contributed by atoms with Crippen molar-refractivity contribution in [2.24, 2.45) is 4.99 Å². The maximum absolute atomic E-state index is 6.07. The van der Waals surface area contributed by atoms with Gasteiger partial charge < -0.3 is 0 Å². The molecule has 24 heavy (non-hydrogen) atoms. The van der Waals surface area contributed by atoms with Crippen molar-refractivity contribution in [1.82, 2.24) is 14.8 Å². The summed E-state index contributed by atoms with van der Waals surface area (Å²) in [5.74, 6) is 1.88. The number of rotatable bonds is 3. The second-order valence-corrected chi connectivity index (χ2v) is 6.56. The van der Waals surface area contributed by atoms with Crippen LogP contribution in [0.3, 0.4) is 0 Å². The van der Waals surface area contributed by atoms with E-state index in [0.29, 0.717) is 12.4 Å². The van der Waals surface area contributed by atoms with E-state index in [9.17, 15) is 0 Å². The average Bonchev–Trinajstić information content (AvgIpc) is 2.98. The summed E-state index contributed by atoms with van der Waals surface area (Å²) in [5.41, 5.74) is 4.19. The smallest absolute Gasteiger partial charge is 0.159 e. The molecule has 2 heterocycles. The molecule has 120 valence electrons. The van der Waals surface area contributed by atoms with Crippen LogP contribution < -0.4 is 0 Å². The van der Waals surface area contributed by atoms with Crippen molar-refractivity contribution in [3.05, 3.63) is 71.3 Å². The predicted octanol–water partition coefficient (Wildman–Crippen LogP) is 4.08. The van der Waals surface area contributed by atoms with Gasteiger partial charge in [0.05, 0.1) is 17.3 Å². The summed E-state index contributed by atoms with van der Waals surface area (Å²) in [6.45, 7) is 0.484. The zero-order valence-electron chi connectivity index (χ0n) is 13.1. The van der Waals surface area contributed by atoms with E-state index in [-0.39, 0.29) is 0 Å². The third-order valence-electron chi connectivity index (χ3n) is 4.04. The molecule has 0 bridgehead atoms. The monoisotopic (exact) mass is 354 g/mol. The first-order valence-corrected chi connectivity index (χ1v) is 9.35. The Morgan fingerprint density at radius 2 is 1.96 bits per heavy atom. The van der Waals surface area contributed by atoms with Crippen LogP contribution in [0.2, 0.25) is 0 Å². The molecule has 1 aliphatic heterocycles. The van der Waals surface area contributed by atoms with Crippen LogP contribution in [0.1, 0.15) is 22.8 Å². The summed E-state index contributed by atoms with van der Waals surface area (Å²) in [6.07, 6.45) is 2.08. The van der Waals surface area contributed by atoms with E-state index in [1.807, 2.05) is 22.8 Å². The maximum Gasteiger partial charge on any atom is 0.159 e. The minimum absolute atomic E-state index is 0.317. The largest absolute Gasteiger partial charge is 0.280 e. The van der Waals surface area contributed by atoms with E-state index in [0.717, 1.165) is 34.2 Å². The van der Waals surface area contributed by atoms with E-state index in [1.54, 1.807) is 11.8 Å². The number of fused-ring (bicyclic) bond motifs is 3. The average molecular weight is 355 g/mol. The van der Waals surface area contributed by atoms with Gasteiger partial charge in [0.25, 0.3) is 0 Å². The third kappa shape index (κ3) is 2.54. The molecule has 0 fully saturated rings. The second kappa shape index (κ2) is 6.42. The van der Waals surface area contributed by atoms with Gasteiger partial charge in [-0.25, -0.2) is 0 Å². The van der Waals surface area contributed by atoms with Crippen molar-refractivity contribution < 1.29 is 0 Å². The number of aromatic nitrogens is 3. The minimum atomic E-state index is 0.317. The number of halogens is 1. The Morgan fingerprint density at radius 1 is 1.12 bits per heavy atom. The zero-order valence-corrected chi connectivity index (χ0v) is 14.7. The van der Waals surface area contributed by atoms with E-state index in [1.165, 1.54) is 4.90 Å². The third-order valence-corrected chi connectivity index (χ3v) is 5.01. The van der Waals surface area contributed by atoms with Crippen LogP contribution in [-0.4, -0.2) is 26.7 Å². The molecular formula is C18H15ClN4S. The van der Waals surface area contributed by atoms with Crippen LogP contribution in [0.15, 0.2) is 58.4 Å². The van der Waals surface area contributed by atoms with Gasteiger partial charge in [0.1, 0.15) is 6.54 Å². The molecule has 0 N–H and O–H groups in total. The summed E-state index contributed by atoms with van der Waals surface area (Å²) >= 11 is 7.79. The summed E-state index contributed by atoms with van der Waals surface area (Å²) in [7, 11) is 0. The molecule has 1 aromatic heterocycles. The van der Waals surface area contributed by atoms with Crippen molar-refractivity contribution in [2.45, 2.75) is 17.3 Å². The molecular weight excluding hydrogens is 340 g/mol. The van der Waals surface area contributed by atoms with Crippen LogP contribution in [0, 0.1) is 0 Å². The van der Waals surface area contributed by atoms with Gasteiger partial charge in [-0.1, -0.05) is 30.3 Å². The van der Waals surface area contributed by atoms with E-state index >= 15 is 0 Å². The topological polar surface area (TPSA) is 43.1 Å². The second-order valence-electron chi connectivity index (χ2n) is 5.42. The molecule has 0 spiro atoms. The fraction of sp³-hybridized carbons (Fsp3) is 0.167. The van der Waals surface area contributed by atoms with Crippen LogP contribution in [-0.2, 0) is 12.4 Å². The first kappa shape index (κ1) is 15.4. The molecule has 0 radical (unpaired) electrons. The number of thioether (sulfide) groups is 1. The molecule has 3 aromatic rings. The Morgan fingerprint density at radius 3 is 2.71 bits per heavy atom. The van der Waals surface area contributed by atoms with Crippen LogP contribution in [0.4, 0.5) is 0 Å². The highest BCUT2D eigenvalue weighted by Crippen LogP contribution is 2.29. The van der Waals surface area contributed by atoms with Gasteiger partial charge in [-0.3, -0.25) is 9.56 Å². The van der Waals surface area contributed by atoms with Crippen LogP contribution in [0.25, 0.3) is 5.69 Å². The number of hydrogen-bond donors (Lipinski definition) is 0. The summed E-state index contributed by atoms with van der Waals surface area (Å²) in [4.78, 5) is 6.04. The van der Waals surface area contributed by atoms with Crippen molar-refractivity contribution in [3.8, 4) is 5.69 Å². The Kier molecular flexibility index (Phi) is 4.12. The molecule has 1 aliphatic rings. The minimum Gasteiger partial charge on any atom is -0.280 e. The van der Waals surface area contributed by atoms with Crippen molar-refractivity contribution in [1.29, 1.82) is 0 Å². The van der Waals surface area contributed by atoms with Gasteiger partial charge in [0.15, 0.2) is 11.6 Å². The number of alkyl halides is 1. The number of hydrogen-bond acceptors (Lipinski definition) is 4. The fourth-order valence-corrected chi connectivity index (χ4v) is 3.54. The number of aliphatic imine (C=N–C) groups is 1. The maximum atomic E-state index is 6.07. The first-order chi connectivity index (χ1) is 11.8. The van der Waals surface area contributed by atoms with Crippen molar-refractivity contribution in [3.63, 3.8) is 0 Å². The first-order valence-electron chi connectivity index (χ1n) is 7.59. The highest BCUT2D eigenvalue weighted by Gasteiger charge is 2.22. The van der Waals surface area contributed by atoms with Gasteiger partial charge in [0.2, 0.25) is 0 Å². The molecule has 6 heteroatoms. The lowest BCUT2D eigenvalue weighted by molar-refractivity contribution is 0.858. The number of benzene rings is 2. The Hall–Kier alpha value is -2.11. The van der Waals surface area contributed by atoms with Gasteiger partial charge in [-0.05, 0) is 24.5 Å². The predicted molar refractivity (Wildman–Crippen MR) is 98.5 cm³/mol. The molecule has 0 unspecified atom stereocenters. The molecule has 0 saturated carbocycles. The normalized spacial score (nSPS) is 13.0. The van der Waals surface area contributed by atoms with Gasteiger partial charge in [-0.2, -0.15) is 0 Å². The lowest BCUT2D eigenvalue weighted by Gasteiger charge is -2.14. The Bertz CT molecular complexity index is 918. The molecule has 0 saturated heterocycles. The van der Waals surface area contributed by atoms with Crippen LogP contribution >= 0.6 is 23.4 Å². The molecule has 0 aliphatic carbocycles. The fourth-order valence-electron chi connectivity index (χ4n) is 2.93. The number of nitrogens with zero attached hydrogens (tertiary/aromatic N) is 4. The highest BCUT2D eigenvalue weighted by molar-refractivity contribution is 7.98. The molecule has 4 rings (SSSR count). The van der Waals surface area contributed by atoms with E-state index < -0.39 is 0 Å². The standard InChI is InChI=1S/C18H15ClN4S/c1-24-13-7-8-15-14(9-13)18(12-5-3-2-4-6-12)20-11-17-22-21-16(10-19)23(15)17/h2-9H,10-11H2,1H3. The lowest BCUT2D eigenvalue weighted by atomic mass is 10.0. The Balaban J connectivity index is 1.99.